The summed E-state index contributed by atoms with van der Waals surface area (Å²) < 4.78 is 10.5. The minimum Gasteiger partial charge on any atom is -0.382 e. The third kappa shape index (κ3) is 4.52. The number of hydrogen-bond donors (Lipinski definition) is 0. The van der Waals surface area contributed by atoms with E-state index in [1.54, 1.807) is 7.11 Å². The van der Waals surface area contributed by atoms with Gasteiger partial charge < -0.3 is 19.3 Å². The summed E-state index contributed by atoms with van der Waals surface area (Å²) in [5, 5.41) is 0. The lowest BCUT2D eigenvalue weighted by Crippen LogP contribution is -2.39. The lowest BCUT2D eigenvalue weighted by molar-refractivity contribution is 0.0535. The van der Waals surface area contributed by atoms with Crippen LogP contribution in [0.4, 0.5) is 0 Å². The molecule has 17 heavy (non-hydrogen) atoms. The number of methoxy groups -OCH3 is 1. The molecule has 1 rings (SSSR count). The summed E-state index contributed by atoms with van der Waals surface area (Å²) in [6.45, 7) is 4.30. The lowest BCUT2D eigenvalue weighted by atomic mass is 10.1. The molecule has 0 N–H and O–H groups in total. The molecule has 0 aromatic carbocycles. The minimum atomic E-state index is 0.614. The molecule has 1 aliphatic heterocycles. The zero-order chi connectivity index (χ0) is 12.7. The van der Waals surface area contributed by atoms with E-state index in [1.165, 1.54) is 6.42 Å². The van der Waals surface area contributed by atoms with Crippen molar-refractivity contribution in [2.45, 2.75) is 6.42 Å². The van der Waals surface area contributed by atoms with Crippen LogP contribution in [0.5, 0.6) is 0 Å². The Morgan fingerprint density at radius 1 is 1.41 bits per heavy atom. The Morgan fingerprint density at radius 3 is 2.76 bits per heavy atom. The highest BCUT2D eigenvalue weighted by Gasteiger charge is 2.25. The first kappa shape index (κ1) is 14.3. The number of ether oxygens (including phenoxy) is 2. The standard InChI is InChI=1S/C12H25N3O2/c1-13-12(14(2)3)15-6-5-11(9-15)10-17-8-7-16-4/h11H,5-10H2,1-4H3. The second-order valence-corrected chi connectivity index (χ2v) is 4.59. The van der Waals surface area contributed by atoms with E-state index in [9.17, 15) is 0 Å². The van der Waals surface area contributed by atoms with E-state index in [0.717, 1.165) is 25.7 Å². The van der Waals surface area contributed by atoms with Gasteiger partial charge in [0.2, 0.25) is 0 Å². The fourth-order valence-electron chi connectivity index (χ4n) is 2.17. The smallest absolute Gasteiger partial charge is 0.195 e. The third-order valence-electron chi connectivity index (χ3n) is 2.95. The minimum absolute atomic E-state index is 0.614. The first-order chi connectivity index (χ1) is 8.19. The Bertz CT molecular complexity index is 244. The van der Waals surface area contributed by atoms with Gasteiger partial charge in [-0.2, -0.15) is 0 Å². The number of likely N-dealkylation sites (tertiary alicyclic amines) is 1. The maximum absolute atomic E-state index is 5.58. The van der Waals surface area contributed by atoms with Crippen LogP contribution in [0.25, 0.3) is 0 Å². The fraction of sp³-hybridized carbons (Fsp3) is 0.917. The Labute approximate surface area is 104 Å². The molecule has 0 aliphatic carbocycles. The Morgan fingerprint density at radius 2 is 2.18 bits per heavy atom. The SMILES string of the molecule is CN=C(N(C)C)N1CCC(COCCOC)C1. The molecule has 5 heteroatoms. The molecule has 5 nitrogen and oxygen atoms in total. The summed E-state index contributed by atoms with van der Waals surface area (Å²) in [7, 11) is 7.61. The van der Waals surface area contributed by atoms with E-state index in [1.807, 2.05) is 21.1 Å². The molecule has 0 radical (unpaired) electrons. The molecule has 1 unspecified atom stereocenters. The molecule has 1 fully saturated rings. The quantitative estimate of drug-likeness (QED) is 0.401. The first-order valence-corrected chi connectivity index (χ1v) is 6.14. The lowest BCUT2D eigenvalue weighted by Gasteiger charge is -2.25. The maximum atomic E-state index is 5.58. The highest BCUT2D eigenvalue weighted by molar-refractivity contribution is 5.79. The van der Waals surface area contributed by atoms with Crippen molar-refractivity contribution in [2.75, 3.05) is 61.2 Å². The van der Waals surface area contributed by atoms with E-state index >= 15 is 0 Å². The zero-order valence-corrected chi connectivity index (χ0v) is 11.5. The van der Waals surface area contributed by atoms with Gasteiger partial charge in [-0.05, 0) is 6.42 Å². The topological polar surface area (TPSA) is 37.3 Å². The number of nitrogens with zero attached hydrogens (tertiary/aromatic N) is 3. The number of hydrogen-bond acceptors (Lipinski definition) is 3. The molecule has 0 aromatic heterocycles. The van der Waals surface area contributed by atoms with Gasteiger partial charge >= 0.3 is 0 Å². The van der Waals surface area contributed by atoms with Crippen LogP contribution in [0.1, 0.15) is 6.42 Å². The molecule has 1 aliphatic rings. The first-order valence-electron chi connectivity index (χ1n) is 6.14. The van der Waals surface area contributed by atoms with E-state index in [2.05, 4.69) is 14.8 Å². The Kier molecular flexibility index (Phi) is 6.29. The van der Waals surface area contributed by atoms with Crippen molar-refractivity contribution in [1.29, 1.82) is 0 Å². The van der Waals surface area contributed by atoms with Crippen molar-refractivity contribution in [3.8, 4) is 0 Å². The average Bonchev–Trinajstić information content (AvgIpc) is 2.74. The monoisotopic (exact) mass is 243 g/mol. The predicted molar refractivity (Wildman–Crippen MR) is 69.4 cm³/mol. The maximum Gasteiger partial charge on any atom is 0.195 e. The Hall–Kier alpha value is -0.810. The van der Waals surface area contributed by atoms with Gasteiger partial charge in [-0.3, -0.25) is 4.99 Å². The molecule has 0 amide bonds. The summed E-state index contributed by atoms with van der Waals surface area (Å²) in [6, 6.07) is 0. The molecule has 0 spiro atoms. The summed E-state index contributed by atoms with van der Waals surface area (Å²) in [6.07, 6.45) is 1.18. The predicted octanol–water partition coefficient (Wildman–Crippen LogP) is 0.519. The summed E-state index contributed by atoms with van der Waals surface area (Å²) in [5.74, 6) is 1.67. The van der Waals surface area contributed by atoms with Gasteiger partial charge in [-0.25, -0.2) is 0 Å². The molecule has 100 valence electrons. The molecular weight excluding hydrogens is 218 g/mol. The van der Waals surface area contributed by atoms with Gasteiger partial charge in [0.25, 0.3) is 0 Å². The van der Waals surface area contributed by atoms with Crippen molar-refractivity contribution in [2.24, 2.45) is 10.9 Å². The van der Waals surface area contributed by atoms with Gasteiger partial charge in [0.15, 0.2) is 5.96 Å². The van der Waals surface area contributed by atoms with E-state index in [0.29, 0.717) is 19.1 Å². The van der Waals surface area contributed by atoms with Gasteiger partial charge in [0.1, 0.15) is 0 Å². The van der Waals surface area contributed by atoms with Crippen LogP contribution < -0.4 is 0 Å². The van der Waals surface area contributed by atoms with Gasteiger partial charge in [-0.15, -0.1) is 0 Å². The Balaban J connectivity index is 2.27. The van der Waals surface area contributed by atoms with Crippen molar-refractivity contribution in [1.82, 2.24) is 9.80 Å². The van der Waals surface area contributed by atoms with Crippen LogP contribution in [0.2, 0.25) is 0 Å². The van der Waals surface area contributed by atoms with Gasteiger partial charge in [-0.1, -0.05) is 0 Å². The van der Waals surface area contributed by atoms with Crippen molar-refractivity contribution < 1.29 is 9.47 Å². The van der Waals surface area contributed by atoms with Gasteiger partial charge in [0, 0.05) is 47.3 Å². The van der Waals surface area contributed by atoms with Crippen molar-refractivity contribution >= 4 is 5.96 Å². The highest BCUT2D eigenvalue weighted by atomic mass is 16.5. The number of aliphatic imine (C=N–C) groups is 1. The van der Waals surface area contributed by atoms with E-state index < -0.39 is 0 Å². The van der Waals surface area contributed by atoms with Crippen molar-refractivity contribution in [3.63, 3.8) is 0 Å². The number of rotatable bonds is 5. The molecule has 0 saturated carbocycles. The fourth-order valence-corrected chi connectivity index (χ4v) is 2.17. The molecule has 1 atom stereocenters. The summed E-state index contributed by atoms with van der Waals surface area (Å²) in [4.78, 5) is 8.71. The molecule has 0 aromatic rings. The van der Waals surface area contributed by atoms with Crippen LogP contribution in [0.15, 0.2) is 4.99 Å². The molecule has 0 bridgehead atoms. The van der Waals surface area contributed by atoms with Crippen LogP contribution in [-0.2, 0) is 9.47 Å². The molecule has 1 saturated heterocycles. The van der Waals surface area contributed by atoms with E-state index in [-0.39, 0.29) is 0 Å². The third-order valence-corrected chi connectivity index (χ3v) is 2.95. The zero-order valence-electron chi connectivity index (χ0n) is 11.5. The van der Waals surface area contributed by atoms with E-state index in [4.69, 9.17) is 9.47 Å². The number of guanidine groups is 1. The second-order valence-electron chi connectivity index (χ2n) is 4.59. The van der Waals surface area contributed by atoms with Crippen molar-refractivity contribution in [3.05, 3.63) is 0 Å². The van der Waals surface area contributed by atoms with Crippen LogP contribution in [-0.4, -0.2) is 76.9 Å². The van der Waals surface area contributed by atoms with Crippen LogP contribution >= 0.6 is 0 Å². The van der Waals surface area contributed by atoms with Gasteiger partial charge in [0.05, 0.1) is 19.8 Å². The largest absolute Gasteiger partial charge is 0.382 e. The average molecular weight is 243 g/mol. The highest BCUT2D eigenvalue weighted by Crippen LogP contribution is 2.17. The van der Waals surface area contributed by atoms with Crippen LogP contribution in [0.3, 0.4) is 0 Å². The molecule has 1 heterocycles. The van der Waals surface area contributed by atoms with Crippen LogP contribution in [0, 0.1) is 5.92 Å². The summed E-state index contributed by atoms with van der Waals surface area (Å²) in [5.41, 5.74) is 0. The molecular formula is C12H25N3O2. The normalized spacial score (nSPS) is 21.1. The summed E-state index contributed by atoms with van der Waals surface area (Å²) >= 11 is 0. The second kappa shape index (κ2) is 7.50.